The number of fused-ring (bicyclic) bond motifs is 2. The minimum absolute atomic E-state index is 0.0256. The molecule has 74 heavy (non-hydrogen) atoms. The van der Waals surface area contributed by atoms with Crippen molar-refractivity contribution in [3.8, 4) is 22.3 Å². The second kappa shape index (κ2) is 21.2. The van der Waals surface area contributed by atoms with Crippen LogP contribution in [-0.2, 0) is 23.7 Å². The number of aryl methyl sites for hydroxylation is 2. The molecule has 2 N–H and O–H groups in total. The van der Waals surface area contributed by atoms with Crippen LogP contribution in [0.5, 0.6) is 0 Å². The quantitative estimate of drug-likeness (QED) is 0.176. The normalized spacial score (nSPS) is 16.8. The largest absolute Gasteiger partial charge is 0.387 e. The predicted molar refractivity (Wildman–Crippen MR) is 287 cm³/mol. The number of amides is 2. The van der Waals surface area contributed by atoms with Gasteiger partial charge in [0.05, 0.1) is 33.9 Å². The molecule has 6 heterocycles. The van der Waals surface area contributed by atoms with Crippen LogP contribution in [0, 0.1) is 13.8 Å². The predicted octanol–water partition coefficient (Wildman–Crippen LogP) is 5.49. The molecule has 0 saturated carbocycles. The minimum atomic E-state index is -0.473. The lowest BCUT2D eigenvalue weighted by molar-refractivity contribution is -0.137. The summed E-state index contributed by atoms with van der Waals surface area (Å²) in [4.78, 5) is 75.7. The lowest BCUT2D eigenvalue weighted by Crippen LogP contribution is -2.55. The average molecular weight is 1000 g/mol. The number of aliphatic hydroxyl groups excluding tert-OH is 2. The van der Waals surface area contributed by atoms with Gasteiger partial charge in [0.2, 0.25) is 23.7 Å². The van der Waals surface area contributed by atoms with E-state index in [-0.39, 0.29) is 47.1 Å². The third kappa shape index (κ3) is 9.94. The Labute approximate surface area is 429 Å². The van der Waals surface area contributed by atoms with Crippen LogP contribution in [0.4, 0.5) is 11.9 Å². The number of nitrogens with zero attached hydrogens (tertiary/aromatic N) is 12. The van der Waals surface area contributed by atoms with Crippen LogP contribution in [0.2, 0.25) is 0 Å². The second-order valence-corrected chi connectivity index (χ2v) is 19.6. The first kappa shape index (κ1) is 51.0. The number of rotatable bonds is 10. The summed E-state index contributed by atoms with van der Waals surface area (Å²) >= 11 is 0. The number of piperazine rings is 2. The molecule has 1 unspecified atom stereocenters. The summed E-state index contributed by atoms with van der Waals surface area (Å²) in [5.41, 5.74) is 9.89. The summed E-state index contributed by atoms with van der Waals surface area (Å²) in [6.07, 6.45) is 7.20. The standard InChI is InChI=1S/2C28H32N6O3/c2*1-18-6-5-7-21(12-18)20(3)34-25-13-22(8-9-24(25)27(37)31(34)4)23-14-29-28(30-15-23)32-10-11-33(19(2)16-32)26(36)17-35/h2*5-9,12-15,19-20,35H,10-11,16-17H2,1-4H3/t19-,20?;19-,20-/m11/s1. The molecule has 0 spiro atoms. The van der Waals surface area contributed by atoms with Crippen LogP contribution in [0.25, 0.3) is 44.1 Å². The molecule has 2 saturated heterocycles. The summed E-state index contributed by atoms with van der Waals surface area (Å²) < 4.78 is 7.45. The van der Waals surface area contributed by atoms with Gasteiger partial charge in [-0.25, -0.2) is 19.9 Å². The van der Waals surface area contributed by atoms with E-state index < -0.39 is 13.2 Å². The number of hydrogen-bond donors (Lipinski definition) is 2. The Morgan fingerprint density at radius 1 is 0.554 bits per heavy atom. The summed E-state index contributed by atoms with van der Waals surface area (Å²) in [7, 11) is 3.61. The maximum atomic E-state index is 13.0. The van der Waals surface area contributed by atoms with Gasteiger partial charge in [-0.15, -0.1) is 0 Å². The molecule has 18 heteroatoms. The lowest BCUT2D eigenvalue weighted by Gasteiger charge is -2.39. The van der Waals surface area contributed by atoms with E-state index >= 15 is 0 Å². The second-order valence-electron chi connectivity index (χ2n) is 19.6. The number of hydrogen-bond acceptors (Lipinski definition) is 12. The number of benzene rings is 4. The fourth-order valence-electron chi connectivity index (χ4n) is 10.6. The Hall–Kier alpha value is -7.96. The van der Waals surface area contributed by atoms with Crippen molar-refractivity contribution in [3.63, 3.8) is 0 Å². The molecule has 2 aliphatic rings. The molecule has 18 nitrogen and oxygen atoms in total. The van der Waals surface area contributed by atoms with Crippen molar-refractivity contribution in [3.05, 3.63) is 153 Å². The third-order valence-corrected chi connectivity index (χ3v) is 14.6. The average Bonchev–Trinajstić information content (AvgIpc) is 3.82. The molecule has 4 atom stereocenters. The zero-order chi connectivity index (χ0) is 52.5. The molecular weight excluding hydrogens is 937 g/mol. The first-order chi connectivity index (χ1) is 35.6. The van der Waals surface area contributed by atoms with Crippen LogP contribution in [0.3, 0.4) is 0 Å². The highest BCUT2D eigenvalue weighted by Crippen LogP contribution is 2.30. The Morgan fingerprint density at radius 3 is 1.27 bits per heavy atom. The molecule has 10 rings (SSSR count). The van der Waals surface area contributed by atoms with E-state index in [1.54, 1.807) is 58.0 Å². The number of carbonyl (C=O) groups excluding carboxylic acids is 2. The Bertz CT molecular complexity index is 3240. The summed E-state index contributed by atoms with van der Waals surface area (Å²) in [5, 5.41) is 19.7. The molecule has 0 bridgehead atoms. The number of aliphatic hydroxyl groups is 2. The van der Waals surface area contributed by atoms with E-state index in [4.69, 9.17) is 0 Å². The fourth-order valence-corrected chi connectivity index (χ4v) is 10.6. The Kier molecular flexibility index (Phi) is 14.6. The van der Waals surface area contributed by atoms with Gasteiger partial charge in [-0.1, -0.05) is 71.8 Å². The number of aromatic nitrogens is 8. The molecule has 0 radical (unpaired) electrons. The summed E-state index contributed by atoms with van der Waals surface area (Å²) in [5.74, 6) is 0.708. The Morgan fingerprint density at radius 2 is 0.932 bits per heavy atom. The smallest absolute Gasteiger partial charge is 0.274 e. The molecule has 2 amide bonds. The summed E-state index contributed by atoms with van der Waals surface area (Å²) in [6, 6.07) is 28.3. The highest BCUT2D eigenvalue weighted by Gasteiger charge is 2.30. The van der Waals surface area contributed by atoms with Gasteiger partial charge in [0.1, 0.15) is 13.2 Å². The van der Waals surface area contributed by atoms with Crippen LogP contribution >= 0.6 is 0 Å². The molecule has 4 aromatic heterocycles. The summed E-state index contributed by atoms with van der Waals surface area (Å²) in [6.45, 7) is 14.8. The molecule has 8 aromatic rings. The van der Waals surface area contributed by atoms with Gasteiger partial charge in [0, 0.05) is 101 Å². The van der Waals surface area contributed by atoms with Crippen molar-refractivity contribution < 1.29 is 19.8 Å². The third-order valence-electron chi connectivity index (χ3n) is 14.6. The van der Waals surface area contributed by atoms with E-state index in [1.165, 1.54) is 11.1 Å². The van der Waals surface area contributed by atoms with Crippen molar-refractivity contribution in [2.75, 3.05) is 62.3 Å². The van der Waals surface area contributed by atoms with E-state index in [1.807, 2.05) is 71.7 Å². The van der Waals surface area contributed by atoms with Gasteiger partial charge in [-0.2, -0.15) is 0 Å². The molecule has 2 aliphatic heterocycles. The number of carbonyl (C=O) groups is 2. The van der Waals surface area contributed by atoms with Gasteiger partial charge in [0.25, 0.3) is 11.1 Å². The fraction of sp³-hybridized carbons (Fsp3) is 0.357. The SMILES string of the molecule is Cc1cccc(C(C)n2c3cc(-c4cnc(N5CCN(C(=O)CO)[C@H](C)C5)nc4)ccc3c(=O)n2C)c1.Cc1cccc([C@@H](C)n2c3cc(-c4cnc(N5CCN(C(=O)CO)[C@H](C)C5)nc4)ccc3c(=O)n2C)c1. The Balaban J connectivity index is 0.000000182. The maximum absolute atomic E-state index is 13.0. The van der Waals surface area contributed by atoms with Crippen LogP contribution in [0.15, 0.2) is 119 Å². The first-order valence-electron chi connectivity index (χ1n) is 25.1. The van der Waals surface area contributed by atoms with E-state index in [2.05, 4.69) is 93.8 Å². The monoisotopic (exact) mass is 1000 g/mol. The number of anilines is 2. The van der Waals surface area contributed by atoms with Gasteiger partial charge in [-0.3, -0.25) is 37.9 Å². The molecular formula is C56H64N12O6. The molecule has 384 valence electrons. The topological polar surface area (TPSA) is 193 Å². The van der Waals surface area contributed by atoms with Gasteiger partial charge >= 0.3 is 0 Å². The van der Waals surface area contributed by atoms with Crippen molar-refractivity contribution in [1.29, 1.82) is 0 Å². The molecule has 2 fully saturated rings. The van der Waals surface area contributed by atoms with E-state index in [0.717, 1.165) is 44.4 Å². The van der Waals surface area contributed by atoms with E-state index in [9.17, 15) is 29.4 Å². The first-order valence-corrected chi connectivity index (χ1v) is 25.1. The van der Waals surface area contributed by atoms with Crippen molar-refractivity contribution in [2.45, 2.75) is 65.7 Å². The lowest BCUT2D eigenvalue weighted by atomic mass is 10.0. The zero-order valence-corrected chi connectivity index (χ0v) is 43.3. The van der Waals surface area contributed by atoms with Gasteiger partial charge < -0.3 is 29.8 Å². The van der Waals surface area contributed by atoms with Crippen molar-refractivity contribution in [1.82, 2.24) is 48.5 Å². The van der Waals surface area contributed by atoms with Crippen molar-refractivity contribution >= 4 is 45.5 Å². The molecule has 0 aliphatic carbocycles. The van der Waals surface area contributed by atoms with Crippen LogP contribution in [0.1, 0.15) is 62.0 Å². The maximum Gasteiger partial charge on any atom is 0.274 e. The van der Waals surface area contributed by atoms with E-state index in [0.29, 0.717) is 61.9 Å². The van der Waals surface area contributed by atoms with Gasteiger partial charge in [0.15, 0.2) is 0 Å². The van der Waals surface area contributed by atoms with Crippen LogP contribution in [-0.4, -0.2) is 135 Å². The molecule has 4 aromatic carbocycles. The highest BCUT2D eigenvalue weighted by molar-refractivity contribution is 5.86. The zero-order valence-electron chi connectivity index (χ0n) is 43.3. The highest BCUT2D eigenvalue weighted by atomic mass is 16.3. The van der Waals surface area contributed by atoms with Gasteiger partial charge in [-0.05, 0) is 88.1 Å². The minimum Gasteiger partial charge on any atom is -0.387 e. The van der Waals surface area contributed by atoms with Crippen LogP contribution < -0.4 is 20.9 Å². The van der Waals surface area contributed by atoms with Crippen molar-refractivity contribution in [2.24, 2.45) is 14.1 Å².